The molecule has 4 aromatic rings. The van der Waals surface area contributed by atoms with Crippen molar-refractivity contribution < 1.29 is 51.6 Å². The Hall–Kier alpha value is -4.50. The van der Waals surface area contributed by atoms with Gasteiger partial charge in [0.1, 0.15) is 47.7 Å². The Morgan fingerprint density at radius 1 is 0.980 bits per heavy atom. The quantitative estimate of drug-likeness (QED) is 0.185. The summed E-state index contributed by atoms with van der Waals surface area (Å²) in [7, 11) is 1.38. The second-order valence-corrected chi connectivity index (χ2v) is 12.7. The molecule has 0 saturated carbocycles. The lowest BCUT2D eigenvalue weighted by atomic mass is 9.96. The predicted octanol–water partition coefficient (Wildman–Crippen LogP) is 1.92. The Bertz CT molecular complexity index is 1800. The van der Waals surface area contributed by atoms with Crippen LogP contribution in [-0.2, 0) is 33.3 Å². The van der Waals surface area contributed by atoms with E-state index in [9.17, 15) is 27.9 Å². The van der Waals surface area contributed by atoms with E-state index in [2.05, 4.69) is 30.6 Å². The molecule has 1 aromatic carbocycles. The number of rotatable bonds is 10. The van der Waals surface area contributed by atoms with Crippen LogP contribution in [0.15, 0.2) is 43.0 Å². The standard InChI is InChI=1S/C30H31F3N8O8S/c1-14(42)47-12-22-27(48-15(2)43)25(41-9-19(36-39-41)16-7-17(31)24(33)18(32)8-16)28(45-3)30(49-22)50-23-13-46-11-21(26(23)44)40-10-20(37-38-40)29-34-5-4-6-35-29/h4-10,21-23,25-28,30,44H,11-13H2,1-3H3. The highest BCUT2D eigenvalue weighted by Crippen LogP contribution is 2.42. The zero-order chi connectivity index (χ0) is 35.5. The van der Waals surface area contributed by atoms with Gasteiger partial charge >= 0.3 is 11.9 Å². The van der Waals surface area contributed by atoms with Gasteiger partial charge in [0.15, 0.2) is 29.4 Å². The maximum atomic E-state index is 14.1. The predicted molar refractivity (Wildman–Crippen MR) is 164 cm³/mol. The smallest absolute Gasteiger partial charge is 0.303 e. The van der Waals surface area contributed by atoms with E-state index in [0.717, 1.165) is 23.9 Å². The minimum atomic E-state index is -1.64. The number of benzene rings is 1. The Morgan fingerprint density at radius 2 is 1.66 bits per heavy atom. The molecule has 0 aliphatic carbocycles. The van der Waals surface area contributed by atoms with Gasteiger partial charge in [-0.25, -0.2) is 32.5 Å². The molecule has 0 spiro atoms. The van der Waals surface area contributed by atoms with Crippen molar-refractivity contribution in [3.8, 4) is 22.8 Å². The molecule has 16 nitrogen and oxygen atoms in total. The number of thioether (sulfide) groups is 1. The summed E-state index contributed by atoms with van der Waals surface area (Å²) in [4.78, 5) is 32.5. The summed E-state index contributed by atoms with van der Waals surface area (Å²) >= 11 is 1.16. The van der Waals surface area contributed by atoms with Crippen molar-refractivity contribution >= 4 is 23.7 Å². The van der Waals surface area contributed by atoms with Crippen molar-refractivity contribution in [3.63, 3.8) is 0 Å². The van der Waals surface area contributed by atoms with Crippen molar-refractivity contribution in [1.29, 1.82) is 0 Å². The van der Waals surface area contributed by atoms with Crippen LogP contribution in [0.25, 0.3) is 22.8 Å². The maximum absolute atomic E-state index is 14.1. The first-order chi connectivity index (χ1) is 24.0. The number of aliphatic hydroxyl groups excluding tert-OH is 1. The molecular formula is C30H31F3N8O8S. The van der Waals surface area contributed by atoms with Gasteiger partial charge in [0.25, 0.3) is 0 Å². The Kier molecular flexibility index (Phi) is 10.7. The fourth-order valence-corrected chi connectivity index (χ4v) is 7.23. The number of hydrogen-bond acceptors (Lipinski definition) is 15. The molecule has 2 fully saturated rings. The summed E-state index contributed by atoms with van der Waals surface area (Å²) in [5.74, 6) is -5.46. The largest absolute Gasteiger partial charge is 0.463 e. The number of esters is 2. The van der Waals surface area contributed by atoms with E-state index in [-0.39, 0.29) is 31.1 Å². The van der Waals surface area contributed by atoms with E-state index in [1.807, 2.05) is 0 Å². The molecule has 2 aliphatic rings. The highest BCUT2D eigenvalue weighted by Gasteiger charge is 2.52. The summed E-state index contributed by atoms with van der Waals surface area (Å²) in [6.07, 6.45) is 1.78. The molecule has 266 valence electrons. The number of halogens is 3. The van der Waals surface area contributed by atoms with E-state index in [0.29, 0.717) is 11.5 Å². The molecule has 8 unspecified atom stereocenters. The summed E-state index contributed by atoms with van der Waals surface area (Å²) in [5.41, 5.74) is -0.674. The minimum Gasteiger partial charge on any atom is -0.463 e. The van der Waals surface area contributed by atoms with E-state index in [4.69, 9.17) is 23.7 Å². The molecule has 0 bridgehead atoms. The number of aromatic nitrogens is 8. The van der Waals surface area contributed by atoms with Gasteiger partial charge in [0, 0.05) is 38.9 Å². The van der Waals surface area contributed by atoms with Crippen molar-refractivity contribution in [3.05, 3.63) is 60.4 Å². The van der Waals surface area contributed by atoms with Crippen LogP contribution in [0.1, 0.15) is 25.9 Å². The lowest BCUT2D eigenvalue weighted by Crippen LogP contribution is -2.58. The van der Waals surface area contributed by atoms with Crippen LogP contribution in [0.3, 0.4) is 0 Å². The van der Waals surface area contributed by atoms with Gasteiger partial charge in [-0.2, -0.15) is 0 Å². The molecule has 1 N–H and O–H groups in total. The molecule has 3 aromatic heterocycles. The van der Waals surface area contributed by atoms with Crippen LogP contribution >= 0.6 is 11.8 Å². The number of aliphatic hydroxyl groups is 1. The van der Waals surface area contributed by atoms with Crippen LogP contribution in [0.4, 0.5) is 13.2 Å². The SMILES string of the molecule is COC1C(SC2COCC(n3cc(-c4ncccn4)nn3)C2O)OC(COC(C)=O)C(OC(C)=O)C1n1cc(-c2cc(F)c(F)c(F)c2)nn1. The number of carbonyl (C=O) groups is 2. The van der Waals surface area contributed by atoms with Crippen molar-refractivity contribution in [1.82, 2.24) is 40.0 Å². The highest BCUT2D eigenvalue weighted by molar-refractivity contribution is 8.00. The van der Waals surface area contributed by atoms with Gasteiger partial charge in [-0.15, -0.1) is 22.0 Å². The number of ether oxygens (including phenoxy) is 5. The Balaban J connectivity index is 1.30. The lowest BCUT2D eigenvalue weighted by Gasteiger charge is -2.46. The molecule has 5 heterocycles. The highest BCUT2D eigenvalue weighted by atomic mass is 32.2. The lowest BCUT2D eigenvalue weighted by molar-refractivity contribution is -0.208. The molecule has 8 atom stereocenters. The van der Waals surface area contributed by atoms with Gasteiger partial charge in [0.05, 0.1) is 37.0 Å². The van der Waals surface area contributed by atoms with Gasteiger partial charge in [0.2, 0.25) is 0 Å². The third-order valence-corrected chi connectivity index (χ3v) is 9.45. The van der Waals surface area contributed by atoms with E-state index in [1.165, 1.54) is 36.5 Å². The molecule has 2 saturated heterocycles. The Labute approximate surface area is 286 Å². The summed E-state index contributed by atoms with van der Waals surface area (Å²) in [6, 6.07) is 1.52. The monoisotopic (exact) mass is 720 g/mol. The normalized spacial score (nSPS) is 26.8. The first-order valence-corrected chi connectivity index (χ1v) is 16.1. The molecule has 0 radical (unpaired) electrons. The minimum absolute atomic E-state index is 0.0292. The third kappa shape index (κ3) is 7.48. The van der Waals surface area contributed by atoms with E-state index < -0.39 is 76.6 Å². The third-order valence-electron chi connectivity index (χ3n) is 8.04. The Morgan fingerprint density at radius 3 is 2.34 bits per heavy atom. The number of carbonyl (C=O) groups excluding carboxylic acids is 2. The molecule has 0 amide bonds. The average Bonchev–Trinajstić information content (AvgIpc) is 3.79. The first kappa shape index (κ1) is 35.3. The zero-order valence-corrected chi connectivity index (χ0v) is 27.5. The fraction of sp³-hybridized carbons (Fsp3) is 0.467. The number of hydrogen-bond donors (Lipinski definition) is 1. The van der Waals surface area contributed by atoms with E-state index >= 15 is 0 Å². The van der Waals surface area contributed by atoms with Gasteiger partial charge < -0.3 is 28.8 Å². The second kappa shape index (κ2) is 15.2. The maximum Gasteiger partial charge on any atom is 0.303 e. The second-order valence-electron chi connectivity index (χ2n) is 11.4. The molecule has 6 rings (SSSR count). The topological polar surface area (TPSA) is 188 Å². The van der Waals surface area contributed by atoms with Crippen LogP contribution < -0.4 is 0 Å². The van der Waals surface area contributed by atoms with Crippen LogP contribution in [-0.4, -0.2) is 119 Å². The van der Waals surface area contributed by atoms with Crippen LogP contribution in [0, 0.1) is 17.5 Å². The number of methoxy groups -OCH3 is 1. The summed E-state index contributed by atoms with van der Waals surface area (Å²) < 4.78 is 73.6. The zero-order valence-electron chi connectivity index (χ0n) is 26.7. The number of nitrogens with zero attached hydrogens (tertiary/aromatic N) is 8. The summed E-state index contributed by atoms with van der Waals surface area (Å²) in [5, 5.41) is 27.4. The van der Waals surface area contributed by atoms with Crippen LogP contribution in [0.2, 0.25) is 0 Å². The van der Waals surface area contributed by atoms with Gasteiger partial charge in [-0.3, -0.25) is 9.59 Å². The molecule has 2 aliphatic heterocycles. The summed E-state index contributed by atoms with van der Waals surface area (Å²) in [6.45, 7) is 2.25. The first-order valence-electron chi connectivity index (χ1n) is 15.2. The van der Waals surface area contributed by atoms with Crippen molar-refractivity contribution in [2.75, 3.05) is 26.9 Å². The van der Waals surface area contributed by atoms with Crippen molar-refractivity contribution in [2.45, 2.75) is 61.0 Å². The van der Waals surface area contributed by atoms with Gasteiger partial charge in [-0.05, 0) is 18.2 Å². The fourth-order valence-electron chi connectivity index (χ4n) is 5.73. The molecule has 50 heavy (non-hydrogen) atoms. The van der Waals surface area contributed by atoms with Gasteiger partial charge in [-0.1, -0.05) is 10.4 Å². The van der Waals surface area contributed by atoms with E-state index in [1.54, 1.807) is 24.7 Å². The van der Waals surface area contributed by atoms with Crippen LogP contribution in [0.5, 0.6) is 0 Å². The average molecular weight is 721 g/mol. The molecule has 20 heteroatoms. The van der Waals surface area contributed by atoms with Crippen molar-refractivity contribution in [2.24, 2.45) is 0 Å². The molecular weight excluding hydrogens is 689 g/mol.